The molecule has 2 aromatic carbocycles. The van der Waals surface area contributed by atoms with Crippen molar-refractivity contribution < 1.29 is 9.53 Å². The van der Waals surface area contributed by atoms with Crippen LogP contribution in [0.5, 0.6) is 5.75 Å². The second-order valence-corrected chi connectivity index (χ2v) is 5.32. The first-order valence-corrected chi connectivity index (χ1v) is 6.88. The maximum atomic E-state index is 12.2. The Balaban J connectivity index is 2.27. The lowest BCUT2D eigenvalue weighted by molar-refractivity contribution is 0.102. The van der Waals surface area contributed by atoms with Gasteiger partial charge in [0.05, 0.1) is 24.0 Å². The lowest BCUT2D eigenvalue weighted by atomic mass is 10.2. The van der Waals surface area contributed by atoms with Crippen molar-refractivity contribution in [2.45, 2.75) is 0 Å². The normalized spacial score (nSPS) is 10.2. The van der Waals surface area contributed by atoms with Crippen LogP contribution in [0, 0.1) is 0 Å². The van der Waals surface area contributed by atoms with E-state index in [4.69, 9.17) is 22.1 Å². The summed E-state index contributed by atoms with van der Waals surface area (Å²) in [6.07, 6.45) is 0. The fraction of sp³-hybridized carbons (Fsp3) is 0.0714. The van der Waals surface area contributed by atoms with Crippen LogP contribution < -0.4 is 15.8 Å². The van der Waals surface area contributed by atoms with Crippen LogP contribution in [0.25, 0.3) is 0 Å². The van der Waals surface area contributed by atoms with E-state index < -0.39 is 0 Å². The summed E-state index contributed by atoms with van der Waals surface area (Å²) in [5, 5.41) is 3.29. The molecule has 0 saturated carbocycles. The lowest BCUT2D eigenvalue weighted by Crippen LogP contribution is -2.13. The minimum Gasteiger partial charge on any atom is -0.497 e. The number of hydrogen-bond donors (Lipinski definition) is 2. The van der Waals surface area contributed by atoms with Gasteiger partial charge in [-0.3, -0.25) is 4.79 Å². The van der Waals surface area contributed by atoms with Crippen molar-refractivity contribution in [2.75, 3.05) is 18.2 Å². The van der Waals surface area contributed by atoms with E-state index in [9.17, 15) is 4.79 Å². The predicted octanol–water partition coefficient (Wildman–Crippen LogP) is 3.95. The smallest absolute Gasteiger partial charge is 0.256 e. The van der Waals surface area contributed by atoms with Crippen LogP contribution in [0.15, 0.2) is 40.9 Å². The van der Waals surface area contributed by atoms with Crippen LogP contribution >= 0.6 is 27.5 Å². The summed E-state index contributed by atoms with van der Waals surface area (Å²) in [7, 11) is 1.55. The quantitative estimate of drug-likeness (QED) is 0.820. The molecule has 1 amide bonds. The third kappa shape index (κ3) is 3.23. The molecule has 0 atom stereocenters. The molecule has 0 aliphatic rings. The number of rotatable bonds is 3. The summed E-state index contributed by atoms with van der Waals surface area (Å²) >= 11 is 9.15. The number of nitrogens with two attached hydrogens (primary N) is 1. The lowest BCUT2D eigenvalue weighted by Gasteiger charge is -2.11. The molecule has 2 rings (SSSR count). The Morgan fingerprint density at radius 3 is 2.70 bits per heavy atom. The Kier molecular flexibility index (Phi) is 4.52. The number of carbonyl (C=O) groups excluding carboxylic acids is 1. The van der Waals surface area contributed by atoms with Gasteiger partial charge >= 0.3 is 0 Å². The van der Waals surface area contributed by atoms with Gasteiger partial charge in [0.15, 0.2) is 0 Å². The van der Waals surface area contributed by atoms with E-state index in [1.165, 1.54) is 0 Å². The Morgan fingerprint density at radius 1 is 1.30 bits per heavy atom. The van der Waals surface area contributed by atoms with Gasteiger partial charge < -0.3 is 15.8 Å². The molecular weight excluding hydrogens is 344 g/mol. The zero-order valence-electron chi connectivity index (χ0n) is 10.6. The molecule has 0 radical (unpaired) electrons. The van der Waals surface area contributed by atoms with Gasteiger partial charge in [-0.1, -0.05) is 11.6 Å². The SMILES string of the molecule is COc1ccc(N)c(NC(=O)c2ccc(Cl)cc2Br)c1. The van der Waals surface area contributed by atoms with Crippen LogP contribution in [-0.4, -0.2) is 13.0 Å². The van der Waals surface area contributed by atoms with Gasteiger partial charge in [0, 0.05) is 15.6 Å². The fourth-order valence-corrected chi connectivity index (χ4v) is 2.50. The number of amides is 1. The first kappa shape index (κ1) is 14.7. The van der Waals surface area contributed by atoms with Gasteiger partial charge in [-0.25, -0.2) is 0 Å². The second-order valence-electron chi connectivity index (χ2n) is 4.03. The molecule has 0 saturated heterocycles. The summed E-state index contributed by atoms with van der Waals surface area (Å²) in [5.74, 6) is 0.332. The zero-order valence-corrected chi connectivity index (χ0v) is 13.0. The molecule has 20 heavy (non-hydrogen) atoms. The van der Waals surface area contributed by atoms with Gasteiger partial charge in [0.2, 0.25) is 0 Å². The van der Waals surface area contributed by atoms with Crippen LogP contribution in [0.4, 0.5) is 11.4 Å². The first-order chi connectivity index (χ1) is 9.51. The number of anilines is 2. The van der Waals surface area contributed by atoms with Crippen molar-refractivity contribution in [3.05, 3.63) is 51.5 Å². The van der Waals surface area contributed by atoms with Crippen molar-refractivity contribution in [1.82, 2.24) is 0 Å². The number of nitrogens with one attached hydrogen (secondary N) is 1. The van der Waals surface area contributed by atoms with Crippen molar-refractivity contribution in [3.8, 4) is 5.75 Å². The van der Waals surface area contributed by atoms with E-state index in [-0.39, 0.29) is 5.91 Å². The minimum absolute atomic E-state index is 0.284. The molecule has 0 aliphatic carbocycles. The van der Waals surface area contributed by atoms with E-state index in [2.05, 4.69) is 21.2 Å². The summed E-state index contributed by atoms with van der Waals surface area (Å²) in [5.41, 5.74) is 7.26. The summed E-state index contributed by atoms with van der Waals surface area (Å²) in [4.78, 5) is 12.2. The molecule has 3 N–H and O–H groups in total. The molecular formula is C14H12BrClN2O2. The largest absolute Gasteiger partial charge is 0.497 e. The van der Waals surface area contributed by atoms with Gasteiger partial charge in [0.25, 0.3) is 5.91 Å². The minimum atomic E-state index is -0.284. The van der Waals surface area contributed by atoms with Crippen molar-refractivity contribution in [1.29, 1.82) is 0 Å². The van der Waals surface area contributed by atoms with Gasteiger partial charge in [-0.05, 0) is 46.3 Å². The fourth-order valence-electron chi connectivity index (χ4n) is 1.63. The molecule has 104 valence electrons. The van der Waals surface area contributed by atoms with Gasteiger partial charge in [-0.15, -0.1) is 0 Å². The Hall–Kier alpha value is -1.72. The van der Waals surface area contributed by atoms with E-state index >= 15 is 0 Å². The summed E-state index contributed by atoms with van der Waals surface area (Å²) in [6, 6.07) is 10.0. The van der Waals surface area contributed by atoms with Crippen molar-refractivity contribution >= 4 is 44.8 Å². The maximum Gasteiger partial charge on any atom is 0.256 e. The first-order valence-electron chi connectivity index (χ1n) is 5.71. The number of halogens is 2. The third-order valence-electron chi connectivity index (χ3n) is 2.68. The van der Waals surface area contributed by atoms with E-state index in [1.54, 1.807) is 43.5 Å². The molecule has 0 spiro atoms. The van der Waals surface area contributed by atoms with Crippen LogP contribution in [0.2, 0.25) is 5.02 Å². The molecule has 2 aromatic rings. The summed E-state index contributed by atoms with van der Waals surface area (Å²) < 4.78 is 5.72. The predicted molar refractivity (Wildman–Crippen MR) is 84.5 cm³/mol. The van der Waals surface area contributed by atoms with Crippen LogP contribution in [0.1, 0.15) is 10.4 Å². The second kappa shape index (κ2) is 6.15. The van der Waals surface area contributed by atoms with E-state index in [1.807, 2.05) is 0 Å². The highest BCUT2D eigenvalue weighted by Gasteiger charge is 2.12. The van der Waals surface area contributed by atoms with Crippen LogP contribution in [-0.2, 0) is 0 Å². The molecule has 4 nitrogen and oxygen atoms in total. The summed E-state index contributed by atoms with van der Waals surface area (Å²) in [6.45, 7) is 0. The average molecular weight is 356 g/mol. The van der Waals surface area contributed by atoms with Gasteiger partial charge in [0.1, 0.15) is 5.75 Å². The number of methoxy groups -OCH3 is 1. The Morgan fingerprint density at radius 2 is 2.05 bits per heavy atom. The molecule has 0 heterocycles. The molecule has 0 fully saturated rings. The third-order valence-corrected chi connectivity index (χ3v) is 3.58. The molecule has 0 unspecified atom stereocenters. The molecule has 0 bridgehead atoms. The number of ether oxygens (including phenoxy) is 1. The Bertz CT molecular complexity index is 662. The molecule has 0 aliphatic heterocycles. The number of benzene rings is 2. The molecule has 6 heteroatoms. The number of carbonyl (C=O) groups is 1. The van der Waals surface area contributed by atoms with Crippen molar-refractivity contribution in [3.63, 3.8) is 0 Å². The van der Waals surface area contributed by atoms with Gasteiger partial charge in [-0.2, -0.15) is 0 Å². The Labute approximate surface area is 130 Å². The highest BCUT2D eigenvalue weighted by atomic mass is 79.9. The van der Waals surface area contributed by atoms with E-state index in [0.717, 1.165) is 0 Å². The highest BCUT2D eigenvalue weighted by Crippen LogP contribution is 2.27. The average Bonchev–Trinajstić information content (AvgIpc) is 2.41. The topological polar surface area (TPSA) is 64.3 Å². The molecule has 0 aromatic heterocycles. The maximum absolute atomic E-state index is 12.2. The zero-order chi connectivity index (χ0) is 14.7. The van der Waals surface area contributed by atoms with Crippen LogP contribution in [0.3, 0.4) is 0 Å². The monoisotopic (exact) mass is 354 g/mol. The number of nitrogen functional groups attached to an aromatic ring is 1. The standard InChI is InChI=1S/C14H12BrClN2O2/c1-20-9-3-5-12(17)13(7-9)18-14(19)10-4-2-8(16)6-11(10)15/h2-7H,17H2,1H3,(H,18,19). The van der Waals surface area contributed by atoms with Crippen molar-refractivity contribution in [2.24, 2.45) is 0 Å². The van der Waals surface area contributed by atoms with E-state index in [0.29, 0.717) is 32.2 Å². The number of hydrogen-bond acceptors (Lipinski definition) is 3. The highest BCUT2D eigenvalue weighted by molar-refractivity contribution is 9.10.